The summed E-state index contributed by atoms with van der Waals surface area (Å²) in [5, 5.41) is 14.3. The highest BCUT2D eigenvalue weighted by Crippen LogP contribution is 2.18. The highest BCUT2D eigenvalue weighted by molar-refractivity contribution is 5.26. The lowest BCUT2D eigenvalue weighted by atomic mass is 9.93. The number of hydrogen-bond donors (Lipinski definition) is 1. The van der Waals surface area contributed by atoms with Crippen LogP contribution in [0.25, 0.3) is 0 Å². The van der Waals surface area contributed by atoms with E-state index in [1.165, 1.54) is 16.8 Å². The van der Waals surface area contributed by atoms with E-state index >= 15 is 0 Å². The number of nitrogens with zero attached hydrogens (tertiary/aromatic N) is 2. The van der Waals surface area contributed by atoms with Crippen LogP contribution in [0.4, 0.5) is 0 Å². The van der Waals surface area contributed by atoms with E-state index in [0.29, 0.717) is 0 Å². The normalized spacial score (nSPS) is 12.6. The van der Waals surface area contributed by atoms with Crippen LogP contribution in [-0.2, 0) is 25.8 Å². The Morgan fingerprint density at radius 2 is 1.95 bits per heavy atom. The maximum atomic E-state index is 9.74. The van der Waals surface area contributed by atoms with Gasteiger partial charge in [-0.25, -0.2) is 0 Å². The van der Waals surface area contributed by atoms with Gasteiger partial charge in [0.25, 0.3) is 0 Å². The minimum absolute atomic E-state index is 0.213. The van der Waals surface area contributed by atoms with E-state index in [-0.39, 0.29) is 12.5 Å². The van der Waals surface area contributed by atoms with Crippen molar-refractivity contribution in [1.82, 2.24) is 9.78 Å². The van der Waals surface area contributed by atoms with Gasteiger partial charge in [0.15, 0.2) is 0 Å². The average Bonchev–Trinajstić information content (AvgIpc) is 2.90. The van der Waals surface area contributed by atoms with Gasteiger partial charge in [0, 0.05) is 18.8 Å². The Hall–Kier alpha value is -1.61. The van der Waals surface area contributed by atoms with Crippen LogP contribution in [0.2, 0.25) is 0 Å². The van der Waals surface area contributed by atoms with Crippen LogP contribution < -0.4 is 0 Å². The van der Waals surface area contributed by atoms with Crippen molar-refractivity contribution in [2.45, 2.75) is 46.6 Å². The molecule has 114 valence electrons. The third kappa shape index (κ3) is 3.94. The van der Waals surface area contributed by atoms with Gasteiger partial charge in [-0.15, -0.1) is 0 Å². The van der Waals surface area contributed by atoms with Gasteiger partial charge in [-0.05, 0) is 56.2 Å². The maximum absolute atomic E-state index is 9.74. The Morgan fingerprint density at radius 1 is 1.19 bits per heavy atom. The van der Waals surface area contributed by atoms with E-state index in [0.717, 1.165) is 31.5 Å². The van der Waals surface area contributed by atoms with E-state index in [9.17, 15) is 5.11 Å². The van der Waals surface area contributed by atoms with Crippen molar-refractivity contribution in [2.75, 3.05) is 6.61 Å². The molecule has 0 bridgehead atoms. The predicted octanol–water partition coefficient (Wildman–Crippen LogP) is 3.17. The highest BCUT2D eigenvalue weighted by Gasteiger charge is 2.15. The van der Waals surface area contributed by atoms with Crippen molar-refractivity contribution >= 4 is 0 Å². The molecular formula is C18H26N2O. The van der Waals surface area contributed by atoms with E-state index in [2.05, 4.69) is 60.9 Å². The average molecular weight is 286 g/mol. The van der Waals surface area contributed by atoms with Gasteiger partial charge in [0.05, 0.1) is 5.69 Å². The van der Waals surface area contributed by atoms with Crippen molar-refractivity contribution in [2.24, 2.45) is 5.92 Å². The van der Waals surface area contributed by atoms with Gasteiger partial charge >= 0.3 is 0 Å². The molecule has 2 aromatic rings. The standard InChI is InChI=1S/C18H26N2O/c1-4-17-12-18(20(5-2)19-17)11-15(13-21)10-16-9-7-6-8-14(16)3/h6-9,12,15,21H,4-5,10-11,13H2,1-3H3. The van der Waals surface area contributed by atoms with Crippen molar-refractivity contribution < 1.29 is 5.11 Å². The number of aryl methyl sites for hydroxylation is 3. The first kappa shape index (κ1) is 15.8. The Kier molecular flexibility index (Phi) is 5.57. The molecule has 1 N–H and O–H groups in total. The summed E-state index contributed by atoms with van der Waals surface area (Å²) in [7, 11) is 0. The first-order valence-corrected chi connectivity index (χ1v) is 7.88. The van der Waals surface area contributed by atoms with Crippen LogP contribution >= 0.6 is 0 Å². The summed E-state index contributed by atoms with van der Waals surface area (Å²) in [5.74, 6) is 0.248. The van der Waals surface area contributed by atoms with Crippen LogP contribution in [0.5, 0.6) is 0 Å². The molecule has 0 saturated heterocycles. The van der Waals surface area contributed by atoms with Gasteiger partial charge < -0.3 is 5.11 Å². The molecule has 2 rings (SSSR count). The summed E-state index contributed by atoms with van der Waals surface area (Å²) < 4.78 is 2.07. The summed E-state index contributed by atoms with van der Waals surface area (Å²) in [6.07, 6.45) is 2.76. The molecule has 0 fully saturated rings. The van der Waals surface area contributed by atoms with Crippen LogP contribution in [0.1, 0.15) is 36.4 Å². The second-order valence-corrected chi connectivity index (χ2v) is 5.68. The smallest absolute Gasteiger partial charge is 0.0624 e. The Labute approximate surface area is 127 Å². The van der Waals surface area contributed by atoms with Gasteiger partial charge in [-0.3, -0.25) is 4.68 Å². The summed E-state index contributed by atoms with van der Waals surface area (Å²) in [6, 6.07) is 10.6. The predicted molar refractivity (Wildman–Crippen MR) is 86.4 cm³/mol. The quantitative estimate of drug-likeness (QED) is 0.849. The second-order valence-electron chi connectivity index (χ2n) is 5.68. The molecule has 1 atom stereocenters. The molecule has 21 heavy (non-hydrogen) atoms. The molecule has 0 spiro atoms. The molecule has 1 aromatic heterocycles. The van der Waals surface area contributed by atoms with Crippen LogP contribution in [0, 0.1) is 12.8 Å². The Morgan fingerprint density at radius 3 is 2.57 bits per heavy atom. The van der Waals surface area contributed by atoms with Crippen LogP contribution in [0.15, 0.2) is 30.3 Å². The second kappa shape index (κ2) is 7.41. The molecule has 0 aliphatic heterocycles. The zero-order chi connectivity index (χ0) is 15.2. The largest absolute Gasteiger partial charge is 0.396 e. The number of hydrogen-bond acceptors (Lipinski definition) is 2. The molecule has 0 amide bonds. The minimum atomic E-state index is 0.213. The fourth-order valence-electron chi connectivity index (χ4n) is 2.77. The van der Waals surface area contributed by atoms with Crippen LogP contribution in [-0.4, -0.2) is 21.5 Å². The fourth-order valence-corrected chi connectivity index (χ4v) is 2.77. The van der Waals surface area contributed by atoms with E-state index in [1.807, 2.05) is 0 Å². The molecule has 0 aliphatic carbocycles. The van der Waals surface area contributed by atoms with E-state index in [1.54, 1.807) is 0 Å². The number of aliphatic hydroxyl groups is 1. The lowest BCUT2D eigenvalue weighted by Crippen LogP contribution is -2.16. The first-order chi connectivity index (χ1) is 10.2. The molecule has 1 aromatic carbocycles. The summed E-state index contributed by atoms with van der Waals surface area (Å²) in [6.45, 7) is 7.48. The van der Waals surface area contributed by atoms with Gasteiger partial charge in [-0.2, -0.15) is 5.10 Å². The minimum Gasteiger partial charge on any atom is -0.396 e. The molecule has 0 saturated carbocycles. The molecule has 3 nitrogen and oxygen atoms in total. The zero-order valence-electron chi connectivity index (χ0n) is 13.3. The van der Waals surface area contributed by atoms with E-state index in [4.69, 9.17) is 0 Å². The number of rotatable bonds is 7. The Bertz CT molecular complexity index is 574. The van der Waals surface area contributed by atoms with Gasteiger partial charge in [0.2, 0.25) is 0 Å². The number of benzene rings is 1. The molecular weight excluding hydrogens is 260 g/mol. The summed E-state index contributed by atoms with van der Waals surface area (Å²) in [4.78, 5) is 0. The third-order valence-electron chi connectivity index (χ3n) is 4.10. The van der Waals surface area contributed by atoms with Crippen molar-refractivity contribution in [3.05, 3.63) is 52.8 Å². The molecule has 3 heteroatoms. The molecule has 0 radical (unpaired) electrons. The maximum Gasteiger partial charge on any atom is 0.0624 e. The molecule has 1 heterocycles. The number of aromatic nitrogens is 2. The summed E-state index contributed by atoms with van der Waals surface area (Å²) in [5.41, 5.74) is 5.01. The van der Waals surface area contributed by atoms with Crippen molar-refractivity contribution in [1.29, 1.82) is 0 Å². The lowest BCUT2D eigenvalue weighted by Gasteiger charge is -2.16. The van der Waals surface area contributed by atoms with Crippen molar-refractivity contribution in [3.8, 4) is 0 Å². The monoisotopic (exact) mass is 286 g/mol. The van der Waals surface area contributed by atoms with Gasteiger partial charge in [-0.1, -0.05) is 31.2 Å². The molecule has 0 aliphatic rings. The third-order valence-corrected chi connectivity index (χ3v) is 4.10. The number of aliphatic hydroxyl groups excluding tert-OH is 1. The lowest BCUT2D eigenvalue weighted by molar-refractivity contribution is 0.222. The first-order valence-electron chi connectivity index (χ1n) is 7.88. The Balaban J connectivity index is 2.12. The highest BCUT2D eigenvalue weighted by atomic mass is 16.3. The van der Waals surface area contributed by atoms with Crippen molar-refractivity contribution in [3.63, 3.8) is 0 Å². The zero-order valence-corrected chi connectivity index (χ0v) is 13.3. The van der Waals surface area contributed by atoms with Crippen LogP contribution in [0.3, 0.4) is 0 Å². The topological polar surface area (TPSA) is 38.0 Å². The van der Waals surface area contributed by atoms with E-state index < -0.39 is 0 Å². The summed E-state index contributed by atoms with van der Waals surface area (Å²) >= 11 is 0. The van der Waals surface area contributed by atoms with Gasteiger partial charge in [0.1, 0.15) is 0 Å². The molecule has 1 unspecified atom stereocenters. The SMILES string of the molecule is CCc1cc(CC(CO)Cc2ccccc2C)n(CC)n1. The fraction of sp³-hybridized carbons (Fsp3) is 0.500.